The largest absolute Gasteiger partial charge is 0.368 e. The van der Waals surface area contributed by atoms with Crippen LogP contribution < -0.4 is 5.73 Å². The van der Waals surface area contributed by atoms with Gasteiger partial charge in [0, 0.05) is 6.54 Å². The first kappa shape index (κ1) is 7.50. The molecule has 2 N–H and O–H groups in total. The van der Waals surface area contributed by atoms with Gasteiger partial charge < -0.3 is 10.6 Å². The minimum Gasteiger partial charge on any atom is -0.368 e. The molecule has 0 bridgehead atoms. The van der Waals surface area contributed by atoms with E-state index in [0.29, 0.717) is 0 Å². The van der Waals surface area contributed by atoms with E-state index in [9.17, 15) is 4.79 Å². The molecule has 1 aliphatic rings. The maximum absolute atomic E-state index is 10.7. The zero-order chi connectivity index (χ0) is 7.56. The van der Waals surface area contributed by atoms with Crippen LogP contribution in [0.3, 0.4) is 0 Å². The zero-order valence-corrected chi connectivity index (χ0v) is 6.04. The molecule has 1 fully saturated rings. The van der Waals surface area contributed by atoms with E-state index in [4.69, 9.17) is 10.6 Å². The SMILES string of the molecule is CON1CCC[C@H]1C(N)=O. The molecule has 4 heteroatoms. The summed E-state index contributed by atoms with van der Waals surface area (Å²) in [5.41, 5.74) is 5.10. The molecule has 0 unspecified atom stereocenters. The monoisotopic (exact) mass is 144 g/mol. The number of primary amides is 1. The van der Waals surface area contributed by atoms with E-state index in [1.807, 2.05) is 0 Å². The van der Waals surface area contributed by atoms with Crippen LogP contribution in [0.5, 0.6) is 0 Å². The molecule has 0 aromatic heterocycles. The van der Waals surface area contributed by atoms with Gasteiger partial charge in [-0.1, -0.05) is 0 Å². The molecule has 0 aromatic carbocycles. The summed E-state index contributed by atoms with van der Waals surface area (Å²) >= 11 is 0. The smallest absolute Gasteiger partial charge is 0.237 e. The van der Waals surface area contributed by atoms with E-state index < -0.39 is 0 Å². The molecule has 0 spiro atoms. The first-order chi connectivity index (χ1) is 4.75. The van der Waals surface area contributed by atoms with Gasteiger partial charge in [-0.3, -0.25) is 4.79 Å². The summed E-state index contributed by atoms with van der Waals surface area (Å²) in [7, 11) is 1.56. The Labute approximate surface area is 59.9 Å². The van der Waals surface area contributed by atoms with Gasteiger partial charge in [0.1, 0.15) is 6.04 Å². The Morgan fingerprint density at radius 2 is 2.50 bits per heavy atom. The number of nitrogens with zero attached hydrogens (tertiary/aromatic N) is 1. The van der Waals surface area contributed by atoms with E-state index >= 15 is 0 Å². The van der Waals surface area contributed by atoms with Crippen molar-refractivity contribution in [2.45, 2.75) is 18.9 Å². The molecule has 4 nitrogen and oxygen atoms in total. The van der Waals surface area contributed by atoms with Crippen LogP contribution in [0.4, 0.5) is 0 Å². The van der Waals surface area contributed by atoms with Gasteiger partial charge in [0.05, 0.1) is 7.11 Å². The molecule has 1 amide bonds. The molecular formula is C6H12N2O2. The van der Waals surface area contributed by atoms with Gasteiger partial charge in [0.2, 0.25) is 5.91 Å². The van der Waals surface area contributed by atoms with Crippen molar-refractivity contribution in [1.82, 2.24) is 5.06 Å². The van der Waals surface area contributed by atoms with Crippen molar-refractivity contribution in [2.24, 2.45) is 5.73 Å². The van der Waals surface area contributed by atoms with Crippen molar-refractivity contribution < 1.29 is 9.63 Å². The average Bonchev–Trinajstić information content (AvgIpc) is 2.33. The summed E-state index contributed by atoms with van der Waals surface area (Å²) < 4.78 is 0. The Bertz CT molecular complexity index is 138. The number of hydroxylamine groups is 2. The van der Waals surface area contributed by atoms with Gasteiger partial charge in [0.25, 0.3) is 0 Å². The van der Waals surface area contributed by atoms with E-state index in [2.05, 4.69) is 0 Å². The Balaban J connectivity index is 2.50. The van der Waals surface area contributed by atoms with Crippen LogP contribution in [0.1, 0.15) is 12.8 Å². The molecule has 0 aliphatic carbocycles. The predicted octanol–water partition coefficient (Wildman–Crippen LogP) is -0.503. The second-order valence-corrected chi connectivity index (χ2v) is 2.38. The van der Waals surface area contributed by atoms with Crippen LogP contribution in [0, 0.1) is 0 Å². The third-order valence-electron chi connectivity index (χ3n) is 1.77. The molecule has 1 aliphatic heterocycles. The molecule has 1 atom stereocenters. The lowest BCUT2D eigenvalue weighted by Crippen LogP contribution is -2.39. The fraction of sp³-hybridized carbons (Fsp3) is 0.833. The van der Waals surface area contributed by atoms with Crippen molar-refractivity contribution in [3.63, 3.8) is 0 Å². The number of carbonyl (C=O) groups is 1. The third kappa shape index (κ3) is 1.27. The van der Waals surface area contributed by atoms with E-state index in [-0.39, 0.29) is 11.9 Å². The standard InChI is InChI=1S/C6H12N2O2/c1-10-8-4-2-3-5(8)6(7)9/h5H,2-4H2,1H3,(H2,7,9)/t5-/m0/s1. The first-order valence-electron chi connectivity index (χ1n) is 3.35. The summed E-state index contributed by atoms with van der Waals surface area (Å²) in [6.07, 6.45) is 1.81. The molecular weight excluding hydrogens is 132 g/mol. The number of carbonyl (C=O) groups excluding carboxylic acids is 1. The molecule has 58 valence electrons. The van der Waals surface area contributed by atoms with Crippen molar-refractivity contribution in [3.8, 4) is 0 Å². The van der Waals surface area contributed by atoms with Gasteiger partial charge in [-0.25, -0.2) is 0 Å². The van der Waals surface area contributed by atoms with E-state index in [1.165, 1.54) is 0 Å². The van der Waals surface area contributed by atoms with Crippen LogP contribution in [0.2, 0.25) is 0 Å². The van der Waals surface area contributed by atoms with Crippen LogP contribution in [0.25, 0.3) is 0 Å². The maximum Gasteiger partial charge on any atom is 0.237 e. The minimum atomic E-state index is -0.292. The maximum atomic E-state index is 10.7. The number of rotatable bonds is 2. The topological polar surface area (TPSA) is 55.6 Å². The van der Waals surface area contributed by atoms with Gasteiger partial charge in [-0.15, -0.1) is 0 Å². The average molecular weight is 144 g/mol. The van der Waals surface area contributed by atoms with Crippen molar-refractivity contribution >= 4 is 5.91 Å². The quantitative estimate of drug-likeness (QED) is 0.568. The number of hydrogen-bond acceptors (Lipinski definition) is 3. The van der Waals surface area contributed by atoms with Crippen LogP contribution in [-0.4, -0.2) is 30.7 Å². The molecule has 10 heavy (non-hydrogen) atoms. The van der Waals surface area contributed by atoms with Gasteiger partial charge in [-0.05, 0) is 12.8 Å². The Morgan fingerprint density at radius 1 is 1.80 bits per heavy atom. The first-order valence-corrected chi connectivity index (χ1v) is 3.35. The van der Waals surface area contributed by atoms with Crippen molar-refractivity contribution in [3.05, 3.63) is 0 Å². The second kappa shape index (κ2) is 2.98. The van der Waals surface area contributed by atoms with E-state index in [0.717, 1.165) is 19.4 Å². The fourth-order valence-corrected chi connectivity index (χ4v) is 1.24. The Hall–Kier alpha value is -0.610. The molecule has 0 aromatic rings. The lowest BCUT2D eigenvalue weighted by Gasteiger charge is -2.17. The summed E-state index contributed by atoms with van der Waals surface area (Å²) in [6.45, 7) is 0.810. The highest BCUT2D eigenvalue weighted by atomic mass is 16.7. The predicted molar refractivity (Wildman–Crippen MR) is 35.9 cm³/mol. The molecule has 1 saturated heterocycles. The fourth-order valence-electron chi connectivity index (χ4n) is 1.24. The minimum absolute atomic E-state index is 0.204. The van der Waals surface area contributed by atoms with Gasteiger partial charge in [0.15, 0.2) is 0 Å². The highest BCUT2D eigenvalue weighted by molar-refractivity contribution is 5.79. The highest BCUT2D eigenvalue weighted by Gasteiger charge is 2.28. The number of amides is 1. The van der Waals surface area contributed by atoms with Crippen LogP contribution in [0.15, 0.2) is 0 Å². The highest BCUT2D eigenvalue weighted by Crippen LogP contribution is 2.15. The van der Waals surface area contributed by atoms with Gasteiger partial charge >= 0.3 is 0 Å². The Morgan fingerprint density at radius 3 is 2.90 bits per heavy atom. The lowest BCUT2D eigenvalue weighted by atomic mass is 10.2. The molecule has 0 saturated carbocycles. The van der Waals surface area contributed by atoms with Crippen LogP contribution >= 0.6 is 0 Å². The van der Waals surface area contributed by atoms with Crippen LogP contribution in [-0.2, 0) is 9.63 Å². The van der Waals surface area contributed by atoms with Crippen molar-refractivity contribution in [2.75, 3.05) is 13.7 Å². The summed E-state index contributed by atoms with van der Waals surface area (Å²) in [5, 5.41) is 1.63. The zero-order valence-electron chi connectivity index (χ0n) is 6.04. The third-order valence-corrected chi connectivity index (χ3v) is 1.77. The van der Waals surface area contributed by atoms with E-state index in [1.54, 1.807) is 12.2 Å². The summed E-state index contributed by atoms with van der Waals surface area (Å²) in [6, 6.07) is -0.204. The molecule has 1 heterocycles. The molecule has 0 radical (unpaired) electrons. The normalized spacial score (nSPS) is 27.1. The second-order valence-electron chi connectivity index (χ2n) is 2.38. The summed E-state index contributed by atoms with van der Waals surface area (Å²) in [5.74, 6) is -0.292. The number of hydrogen-bond donors (Lipinski definition) is 1. The Kier molecular flexibility index (Phi) is 2.24. The lowest BCUT2D eigenvalue weighted by molar-refractivity contribution is -0.157. The summed E-state index contributed by atoms with van der Waals surface area (Å²) in [4.78, 5) is 15.6. The number of nitrogens with two attached hydrogens (primary N) is 1. The van der Waals surface area contributed by atoms with Gasteiger partial charge in [-0.2, -0.15) is 5.06 Å². The molecule has 1 rings (SSSR count). The van der Waals surface area contributed by atoms with Crippen molar-refractivity contribution in [1.29, 1.82) is 0 Å².